The highest BCUT2D eigenvalue weighted by Gasteiger charge is 2.38. The lowest BCUT2D eigenvalue weighted by atomic mass is 9.65. The smallest absolute Gasteiger partial charge is 0.0631 e. The number of hydrogen-bond donors (Lipinski definition) is 1. The third kappa shape index (κ3) is 10.7. The van der Waals surface area contributed by atoms with Crippen LogP contribution in [-0.4, -0.2) is 11.2 Å². The Morgan fingerprint density at radius 3 is 1.87 bits per heavy atom. The van der Waals surface area contributed by atoms with E-state index in [9.17, 15) is 5.11 Å². The van der Waals surface area contributed by atoms with Crippen LogP contribution in [0.1, 0.15) is 113 Å². The van der Waals surface area contributed by atoms with Crippen LogP contribution in [-0.2, 0) is 0 Å². The highest BCUT2D eigenvalue weighted by molar-refractivity contribution is 5.16. The summed E-state index contributed by atoms with van der Waals surface area (Å²) in [6.07, 6.45) is 21.6. The van der Waals surface area contributed by atoms with Gasteiger partial charge in [0.1, 0.15) is 0 Å². The minimum atomic E-state index is -0.213. The van der Waals surface area contributed by atoms with E-state index in [1.165, 1.54) is 47.1 Å². The van der Waals surface area contributed by atoms with E-state index in [1.54, 1.807) is 0 Å². The molecule has 0 bridgehead atoms. The lowest BCUT2D eigenvalue weighted by Gasteiger charge is -2.42. The van der Waals surface area contributed by atoms with Crippen molar-refractivity contribution in [2.24, 2.45) is 11.3 Å². The molecule has 0 saturated heterocycles. The second-order valence-corrected chi connectivity index (χ2v) is 10.7. The molecule has 0 saturated carbocycles. The molecule has 2 atom stereocenters. The van der Waals surface area contributed by atoms with Gasteiger partial charge in [-0.2, -0.15) is 0 Å². The first-order chi connectivity index (χ1) is 14.5. The predicted molar refractivity (Wildman–Crippen MR) is 139 cm³/mol. The average molecular weight is 427 g/mol. The van der Waals surface area contributed by atoms with Crippen LogP contribution in [0.5, 0.6) is 0 Å². The van der Waals surface area contributed by atoms with Gasteiger partial charge in [-0.25, -0.2) is 0 Å². The van der Waals surface area contributed by atoms with Crippen LogP contribution in [0.4, 0.5) is 0 Å². The zero-order valence-electron chi connectivity index (χ0n) is 21.9. The first-order valence-corrected chi connectivity index (χ1v) is 12.5. The predicted octanol–water partition coefficient (Wildman–Crippen LogP) is 9.27. The van der Waals surface area contributed by atoms with Crippen LogP contribution >= 0.6 is 0 Å². The summed E-state index contributed by atoms with van der Waals surface area (Å²) in [6, 6.07) is 0. The Morgan fingerprint density at radius 1 is 0.839 bits per heavy atom. The topological polar surface area (TPSA) is 20.2 Å². The molecule has 1 aliphatic rings. The Hall–Kier alpha value is -1.34. The molecule has 0 aromatic carbocycles. The number of rotatable bonds is 12. The van der Waals surface area contributed by atoms with Gasteiger partial charge in [-0.3, -0.25) is 0 Å². The summed E-state index contributed by atoms with van der Waals surface area (Å²) in [5.74, 6) is 0.486. The standard InChI is InChI=1S/C30H50O/c1-23(2)13-11-16-25(4)18-12-17-24(3)14-9-10-15-26(5)19-21-28-27(6)20-22-29(31)30(28,7)8/h13-15,18,20,28-29,31H,9-12,16-17,19,21-22H2,1-8H3/b24-14+,25-18+,26-15+. The van der Waals surface area contributed by atoms with Crippen LogP contribution in [0, 0.1) is 11.3 Å². The third-order valence-corrected chi connectivity index (χ3v) is 7.07. The number of allylic oxidation sites excluding steroid dienone is 9. The SMILES string of the molecule is CC(C)=CCC/C(C)=C/CC/C(C)=C/CC/C=C(\C)CCC1C(C)=CCC(O)C1(C)C. The van der Waals surface area contributed by atoms with Gasteiger partial charge < -0.3 is 5.11 Å². The normalized spacial score (nSPS) is 22.4. The molecule has 1 rings (SSSR count). The summed E-state index contributed by atoms with van der Waals surface area (Å²) >= 11 is 0. The van der Waals surface area contributed by atoms with Crippen molar-refractivity contribution >= 4 is 0 Å². The van der Waals surface area contributed by atoms with Crippen LogP contribution < -0.4 is 0 Å². The van der Waals surface area contributed by atoms with Crippen molar-refractivity contribution in [2.75, 3.05) is 0 Å². The van der Waals surface area contributed by atoms with Crippen molar-refractivity contribution in [3.05, 3.63) is 58.2 Å². The zero-order chi connectivity index (χ0) is 23.4. The Morgan fingerprint density at radius 2 is 1.32 bits per heavy atom. The summed E-state index contributed by atoms with van der Waals surface area (Å²) in [7, 11) is 0. The Kier molecular flexibility index (Phi) is 12.5. The van der Waals surface area contributed by atoms with Crippen molar-refractivity contribution < 1.29 is 5.11 Å². The number of aliphatic hydroxyl groups is 1. The molecule has 1 aliphatic carbocycles. The molecule has 176 valence electrons. The second-order valence-electron chi connectivity index (χ2n) is 10.7. The lowest BCUT2D eigenvalue weighted by Crippen LogP contribution is -2.39. The molecule has 0 aromatic rings. The highest BCUT2D eigenvalue weighted by Crippen LogP contribution is 2.43. The molecule has 0 aliphatic heterocycles. The average Bonchev–Trinajstić information content (AvgIpc) is 2.68. The fourth-order valence-corrected chi connectivity index (χ4v) is 4.63. The van der Waals surface area contributed by atoms with Gasteiger partial charge in [0.25, 0.3) is 0 Å². The van der Waals surface area contributed by atoms with E-state index in [4.69, 9.17) is 0 Å². The lowest BCUT2D eigenvalue weighted by molar-refractivity contribution is 0.00849. The molecule has 0 amide bonds. The second kappa shape index (κ2) is 13.9. The van der Waals surface area contributed by atoms with Gasteiger partial charge in [0.05, 0.1) is 6.10 Å². The molecule has 0 aromatic heterocycles. The molecular weight excluding hydrogens is 376 g/mol. The molecule has 0 fully saturated rings. The minimum absolute atomic E-state index is 0.0165. The summed E-state index contributed by atoms with van der Waals surface area (Å²) in [5.41, 5.74) is 7.38. The summed E-state index contributed by atoms with van der Waals surface area (Å²) < 4.78 is 0. The van der Waals surface area contributed by atoms with E-state index in [0.717, 1.165) is 38.5 Å². The number of unbranched alkanes of at least 4 members (excludes halogenated alkanes) is 1. The van der Waals surface area contributed by atoms with E-state index in [1.807, 2.05) is 0 Å². The van der Waals surface area contributed by atoms with Gasteiger partial charge >= 0.3 is 0 Å². The Labute approximate surface area is 194 Å². The van der Waals surface area contributed by atoms with Gasteiger partial charge in [-0.1, -0.05) is 72.1 Å². The van der Waals surface area contributed by atoms with E-state index < -0.39 is 0 Å². The minimum Gasteiger partial charge on any atom is -0.392 e. The van der Waals surface area contributed by atoms with E-state index in [0.29, 0.717) is 5.92 Å². The van der Waals surface area contributed by atoms with Crippen molar-refractivity contribution in [1.29, 1.82) is 0 Å². The van der Waals surface area contributed by atoms with Gasteiger partial charge in [-0.15, -0.1) is 0 Å². The van der Waals surface area contributed by atoms with E-state index in [-0.39, 0.29) is 11.5 Å². The van der Waals surface area contributed by atoms with Gasteiger partial charge in [0.2, 0.25) is 0 Å². The molecule has 0 radical (unpaired) electrons. The number of hydrogen-bond acceptors (Lipinski definition) is 1. The Bertz CT molecular complexity index is 692. The Balaban J connectivity index is 2.34. The fourth-order valence-electron chi connectivity index (χ4n) is 4.63. The van der Waals surface area contributed by atoms with Crippen LogP contribution in [0.3, 0.4) is 0 Å². The van der Waals surface area contributed by atoms with Crippen molar-refractivity contribution in [2.45, 2.75) is 119 Å². The first-order valence-electron chi connectivity index (χ1n) is 12.5. The maximum atomic E-state index is 10.4. The molecule has 1 heteroatoms. The quantitative estimate of drug-likeness (QED) is 0.243. The molecule has 1 nitrogen and oxygen atoms in total. The van der Waals surface area contributed by atoms with Crippen LogP contribution in [0.15, 0.2) is 58.2 Å². The maximum Gasteiger partial charge on any atom is 0.0631 e. The maximum absolute atomic E-state index is 10.4. The fraction of sp³-hybridized carbons (Fsp3) is 0.667. The molecule has 31 heavy (non-hydrogen) atoms. The van der Waals surface area contributed by atoms with Crippen LogP contribution in [0.25, 0.3) is 0 Å². The largest absolute Gasteiger partial charge is 0.392 e. The van der Waals surface area contributed by atoms with Crippen molar-refractivity contribution in [3.8, 4) is 0 Å². The molecule has 1 N–H and O–H groups in total. The molecular formula is C30H50O. The first kappa shape index (κ1) is 27.7. The summed E-state index contributed by atoms with van der Waals surface area (Å²) in [4.78, 5) is 0. The van der Waals surface area contributed by atoms with Crippen molar-refractivity contribution in [3.63, 3.8) is 0 Å². The van der Waals surface area contributed by atoms with Crippen LogP contribution in [0.2, 0.25) is 0 Å². The van der Waals surface area contributed by atoms with Gasteiger partial charge in [0, 0.05) is 0 Å². The molecule has 0 spiro atoms. The summed E-state index contributed by atoms with van der Waals surface area (Å²) in [5, 5.41) is 10.4. The van der Waals surface area contributed by atoms with Crippen molar-refractivity contribution in [1.82, 2.24) is 0 Å². The van der Waals surface area contributed by atoms with Gasteiger partial charge in [-0.05, 0) is 111 Å². The molecule has 0 heterocycles. The van der Waals surface area contributed by atoms with Gasteiger partial charge in [0.15, 0.2) is 0 Å². The zero-order valence-corrected chi connectivity index (χ0v) is 21.9. The third-order valence-electron chi connectivity index (χ3n) is 7.07. The summed E-state index contributed by atoms with van der Waals surface area (Å²) in [6.45, 7) is 17.8. The van der Waals surface area contributed by atoms with E-state index in [2.05, 4.69) is 85.8 Å². The number of aliphatic hydroxyl groups excluding tert-OH is 1. The van der Waals surface area contributed by atoms with E-state index >= 15 is 0 Å². The highest BCUT2D eigenvalue weighted by atomic mass is 16.3. The monoisotopic (exact) mass is 426 g/mol. The molecule has 2 unspecified atom stereocenters.